The zero-order valence-corrected chi connectivity index (χ0v) is 13.8. The van der Waals surface area contributed by atoms with E-state index in [1.165, 1.54) is 24.1 Å². The lowest BCUT2D eigenvalue weighted by Crippen LogP contribution is -2.46. The lowest BCUT2D eigenvalue weighted by atomic mass is 10.1. The number of aliphatic hydroxyl groups is 1. The third-order valence-electron chi connectivity index (χ3n) is 3.79. The third kappa shape index (κ3) is 5.63. The molecule has 0 aliphatic heterocycles. The maximum atomic E-state index is 12.9. The van der Waals surface area contributed by atoms with Crippen LogP contribution in [-0.2, 0) is 20.7 Å². The molecule has 0 aliphatic carbocycles. The second kappa shape index (κ2) is 9.25. The second-order valence-corrected chi connectivity index (χ2v) is 5.52. The number of hydrogen-bond donors (Lipinski definition) is 1. The molecule has 2 atom stereocenters. The molecule has 1 aromatic rings. The minimum Gasteiger partial charge on any atom is -0.469 e. The van der Waals surface area contributed by atoms with Gasteiger partial charge in [0.05, 0.1) is 32.1 Å². The Morgan fingerprint density at radius 3 is 2.39 bits per heavy atom. The normalized spacial score (nSPS) is 13.3. The molecule has 2 unspecified atom stereocenters. The zero-order chi connectivity index (χ0) is 17.4. The SMILES string of the molecule is CCC(CO)N(CC(C)C(=O)OC)C(=O)Cc1ccc(F)cc1. The molecule has 0 saturated heterocycles. The number of methoxy groups -OCH3 is 1. The number of esters is 1. The first-order valence-electron chi connectivity index (χ1n) is 7.65. The number of rotatable bonds is 8. The molecule has 0 aromatic heterocycles. The van der Waals surface area contributed by atoms with Gasteiger partial charge in [-0.15, -0.1) is 0 Å². The summed E-state index contributed by atoms with van der Waals surface area (Å²) in [5.74, 6) is -1.47. The fourth-order valence-corrected chi connectivity index (χ4v) is 2.35. The fourth-order valence-electron chi connectivity index (χ4n) is 2.35. The largest absolute Gasteiger partial charge is 0.469 e. The van der Waals surface area contributed by atoms with Crippen LogP contribution in [0.15, 0.2) is 24.3 Å². The summed E-state index contributed by atoms with van der Waals surface area (Å²) in [6.07, 6.45) is 0.657. The van der Waals surface area contributed by atoms with Crippen molar-refractivity contribution in [3.8, 4) is 0 Å². The molecular weight excluding hydrogens is 301 g/mol. The highest BCUT2D eigenvalue weighted by Crippen LogP contribution is 2.13. The van der Waals surface area contributed by atoms with Gasteiger partial charge in [-0.25, -0.2) is 4.39 Å². The van der Waals surface area contributed by atoms with Gasteiger partial charge in [0, 0.05) is 6.54 Å². The Balaban J connectivity index is 2.87. The first-order valence-corrected chi connectivity index (χ1v) is 7.65. The summed E-state index contributed by atoms with van der Waals surface area (Å²) >= 11 is 0. The van der Waals surface area contributed by atoms with E-state index in [1.807, 2.05) is 6.92 Å². The standard InChI is InChI=1S/C17H24FNO4/c1-4-15(11-20)19(10-12(2)17(22)23-3)16(21)9-13-5-7-14(18)8-6-13/h5-8,12,15,20H,4,9-11H2,1-3H3. The van der Waals surface area contributed by atoms with E-state index < -0.39 is 11.9 Å². The van der Waals surface area contributed by atoms with E-state index in [-0.39, 0.29) is 37.3 Å². The average molecular weight is 325 g/mol. The number of hydrogen-bond acceptors (Lipinski definition) is 4. The fraction of sp³-hybridized carbons (Fsp3) is 0.529. The van der Waals surface area contributed by atoms with Gasteiger partial charge in [0.1, 0.15) is 5.82 Å². The van der Waals surface area contributed by atoms with Gasteiger partial charge in [0.2, 0.25) is 5.91 Å². The number of amides is 1. The van der Waals surface area contributed by atoms with Gasteiger partial charge in [-0.1, -0.05) is 26.0 Å². The van der Waals surface area contributed by atoms with Crippen LogP contribution in [0.4, 0.5) is 4.39 Å². The highest BCUT2D eigenvalue weighted by molar-refractivity contribution is 5.80. The van der Waals surface area contributed by atoms with Crippen LogP contribution in [0.5, 0.6) is 0 Å². The number of ether oxygens (including phenoxy) is 1. The molecule has 0 bridgehead atoms. The predicted octanol–water partition coefficient (Wildman–Crippen LogP) is 1.78. The summed E-state index contributed by atoms with van der Waals surface area (Å²) in [5.41, 5.74) is 0.680. The third-order valence-corrected chi connectivity index (χ3v) is 3.79. The van der Waals surface area contributed by atoms with Crippen molar-refractivity contribution in [3.63, 3.8) is 0 Å². The van der Waals surface area contributed by atoms with Crippen LogP contribution in [0.1, 0.15) is 25.8 Å². The second-order valence-electron chi connectivity index (χ2n) is 5.52. The predicted molar refractivity (Wildman–Crippen MR) is 84.2 cm³/mol. The summed E-state index contributed by atoms with van der Waals surface area (Å²) in [6, 6.07) is 5.33. The smallest absolute Gasteiger partial charge is 0.310 e. The maximum Gasteiger partial charge on any atom is 0.310 e. The monoisotopic (exact) mass is 325 g/mol. The molecule has 5 nitrogen and oxygen atoms in total. The van der Waals surface area contributed by atoms with Gasteiger partial charge in [0.25, 0.3) is 0 Å². The molecule has 128 valence electrons. The highest BCUT2D eigenvalue weighted by Gasteiger charge is 2.26. The molecule has 1 N–H and O–H groups in total. The van der Waals surface area contributed by atoms with Crippen molar-refractivity contribution in [2.75, 3.05) is 20.3 Å². The molecule has 1 amide bonds. The number of carbonyl (C=O) groups excluding carboxylic acids is 2. The van der Waals surface area contributed by atoms with E-state index in [0.717, 1.165) is 0 Å². The van der Waals surface area contributed by atoms with E-state index >= 15 is 0 Å². The van der Waals surface area contributed by atoms with Gasteiger partial charge in [-0.3, -0.25) is 9.59 Å². The van der Waals surface area contributed by atoms with Crippen molar-refractivity contribution >= 4 is 11.9 Å². The molecule has 1 aromatic carbocycles. The van der Waals surface area contributed by atoms with Crippen molar-refractivity contribution in [1.82, 2.24) is 4.90 Å². The van der Waals surface area contributed by atoms with Crippen LogP contribution in [-0.4, -0.2) is 48.2 Å². The molecule has 6 heteroatoms. The zero-order valence-electron chi connectivity index (χ0n) is 13.8. The summed E-state index contributed by atoms with van der Waals surface area (Å²) < 4.78 is 17.6. The minimum absolute atomic E-state index is 0.0880. The van der Waals surface area contributed by atoms with Gasteiger partial charge in [-0.2, -0.15) is 0 Å². The van der Waals surface area contributed by atoms with Crippen molar-refractivity contribution in [1.29, 1.82) is 0 Å². The number of nitrogens with zero attached hydrogens (tertiary/aromatic N) is 1. The molecule has 0 saturated carbocycles. The highest BCUT2D eigenvalue weighted by atomic mass is 19.1. The molecule has 1 rings (SSSR count). The van der Waals surface area contributed by atoms with E-state index in [2.05, 4.69) is 0 Å². The van der Waals surface area contributed by atoms with Crippen LogP contribution >= 0.6 is 0 Å². The number of carbonyl (C=O) groups is 2. The Hall–Kier alpha value is -1.95. The molecule has 0 heterocycles. The van der Waals surface area contributed by atoms with E-state index in [4.69, 9.17) is 4.74 Å². The molecule has 23 heavy (non-hydrogen) atoms. The van der Waals surface area contributed by atoms with Crippen molar-refractivity contribution in [2.45, 2.75) is 32.7 Å². The summed E-state index contributed by atoms with van der Waals surface area (Å²) in [7, 11) is 1.30. The van der Waals surface area contributed by atoms with Crippen molar-refractivity contribution in [3.05, 3.63) is 35.6 Å². The minimum atomic E-state index is -0.488. The van der Waals surface area contributed by atoms with Gasteiger partial charge >= 0.3 is 5.97 Å². The van der Waals surface area contributed by atoms with Crippen molar-refractivity contribution < 1.29 is 23.8 Å². The first kappa shape index (κ1) is 19.1. The van der Waals surface area contributed by atoms with E-state index in [9.17, 15) is 19.1 Å². The molecule has 0 radical (unpaired) electrons. The van der Waals surface area contributed by atoms with Gasteiger partial charge < -0.3 is 14.7 Å². The lowest BCUT2D eigenvalue weighted by molar-refractivity contribution is -0.147. The summed E-state index contributed by atoms with van der Waals surface area (Å²) in [4.78, 5) is 25.7. The summed E-state index contributed by atoms with van der Waals surface area (Å²) in [5, 5.41) is 9.50. The van der Waals surface area contributed by atoms with Crippen LogP contribution in [0, 0.1) is 11.7 Å². The Labute approximate surface area is 136 Å². The maximum absolute atomic E-state index is 12.9. The summed E-state index contributed by atoms with van der Waals surface area (Å²) in [6.45, 7) is 3.53. The first-order chi connectivity index (χ1) is 10.9. The number of halogens is 1. The lowest BCUT2D eigenvalue weighted by Gasteiger charge is -2.31. The quantitative estimate of drug-likeness (QED) is 0.740. The van der Waals surface area contributed by atoms with Crippen LogP contribution < -0.4 is 0 Å². The topological polar surface area (TPSA) is 66.8 Å². The van der Waals surface area contributed by atoms with Crippen molar-refractivity contribution in [2.24, 2.45) is 5.92 Å². The van der Waals surface area contributed by atoms with Crippen LogP contribution in [0.25, 0.3) is 0 Å². The molecular formula is C17H24FNO4. The number of aliphatic hydroxyl groups excluding tert-OH is 1. The van der Waals surface area contributed by atoms with Gasteiger partial charge in [0.15, 0.2) is 0 Å². The Morgan fingerprint density at radius 1 is 1.30 bits per heavy atom. The Bertz CT molecular complexity index is 514. The Morgan fingerprint density at radius 2 is 1.91 bits per heavy atom. The Kier molecular flexibility index (Phi) is 7.68. The van der Waals surface area contributed by atoms with Crippen LogP contribution in [0.2, 0.25) is 0 Å². The van der Waals surface area contributed by atoms with Gasteiger partial charge in [-0.05, 0) is 24.1 Å². The molecule has 0 fully saturated rings. The molecule has 0 aliphatic rings. The van der Waals surface area contributed by atoms with Crippen LogP contribution in [0.3, 0.4) is 0 Å². The van der Waals surface area contributed by atoms with E-state index in [0.29, 0.717) is 12.0 Å². The molecule has 0 spiro atoms. The number of benzene rings is 1. The van der Waals surface area contributed by atoms with E-state index in [1.54, 1.807) is 19.1 Å². The average Bonchev–Trinajstić information content (AvgIpc) is 2.56.